The Bertz CT molecular complexity index is 636. The van der Waals surface area contributed by atoms with Crippen LogP contribution in [0.15, 0.2) is 24.3 Å². The molecule has 1 aromatic carbocycles. The van der Waals surface area contributed by atoms with Gasteiger partial charge in [-0.25, -0.2) is 4.39 Å². The highest BCUT2D eigenvalue weighted by Gasteiger charge is 2.35. The van der Waals surface area contributed by atoms with Crippen LogP contribution in [0.2, 0.25) is 8.67 Å². The van der Waals surface area contributed by atoms with Gasteiger partial charge in [-0.1, -0.05) is 29.3 Å². The number of hydrogen-bond donors (Lipinski definition) is 0. The average Bonchev–Trinajstić information content (AvgIpc) is 2.66. The van der Waals surface area contributed by atoms with Crippen molar-refractivity contribution in [2.24, 2.45) is 0 Å². The van der Waals surface area contributed by atoms with Gasteiger partial charge in [-0.3, -0.25) is 0 Å². The summed E-state index contributed by atoms with van der Waals surface area (Å²) in [6, 6.07) is 4.07. The minimum absolute atomic E-state index is 0.0942. The summed E-state index contributed by atoms with van der Waals surface area (Å²) >= 11 is 18.8. The number of thiophene rings is 1. The van der Waals surface area contributed by atoms with Gasteiger partial charge in [0.05, 0.1) is 19.6 Å². The molecule has 20 heavy (non-hydrogen) atoms. The van der Waals surface area contributed by atoms with Crippen molar-refractivity contribution in [3.05, 3.63) is 55.4 Å². The van der Waals surface area contributed by atoms with Crippen LogP contribution >= 0.6 is 46.1 Å². The van der Waals surface area contributed by atoms with Crippen molar-refractivity contribution in [1.82, 2.24) is 0 Å². The van der Waals surface area contributed by atoms with E-state index in [1.165, 1.54) is 12.1 Å². The van der Waals surface area contributed by atoms with E-state index in [2.05, 4.69) is 0 Å². The summed E-state index contributed by atoms with van der Waals surface area (Å²) in [6.45, 7) is 0. The normalized spacial score (nSPS) is 13.6. The third-order valence-corrected chi connectivity index (χ3v) is 4.55. The van der Waals surface area contributed by atoms with E-state index in [-0.39, 0.29) is 9.90 Å². The molecule has 0 radical (unpaired) electrons. The molecule has 0 saturated heterocycles. The minimum atomic E-state index is -4.78. The molecular weight excluding hydrogens is 359 g/mol. The molecule has 1 heterocycles. The molecule has 1 unspecified atom stereocenters. The van der Waals surface area contributed by atoms with Crippen LogP contribution in [-0.4, -0.2) is 0 Å². The number of benzene rings is 1. The van der Waals surface area contributed by atoms with Gasteiger partial charge in [0.2, 0.25) is 0 Å². The van der Waals surface area contributed by atoms with E-state index in [0.717, 1.165) is 17.4 Å². The van der Waals surface area contributed by atoms with E-state index in [0.29, 0.717) is 16.0 Å². The Morgan fingerprint density at radius 3 is 2.25 bits per heavy atom. The zero-order valence-corrected chi connectivity index (χ0v) is 12.5. The Labute approximate surface area is 130 Å². The second-order valence-electron chi connectivity index (χ2n) is 3.88. The lowest BCUT2D eigenvalue weighted by molar-refractivity contribution is -0.140. The lowest BCUT2D eigenvalue weighted by atomic mass is 10.0. The Morgan fingerprint density at radius 1 is 1.10 bits per heavy atom. The van der Waals surface area contributed by atoms with Crippen LogP contribution in [0.4, 0.5) is 17.6 Å². The Kier molecular flexibility index (Phi) is 4.54. The lowest BCUT2D eigenvalue weighted by Gasteiger charge is -2.13. The van der Waals surface area contributed by atoms with Crippen LogP contribution in [-0.2, 0) is 6.18 Å². The summed E-state index contributed by atoms with van der Waals surface area (Å²) in [5, 5.41) is -0.937. The van der Waals surface area contributed by atoms with Crippen molar-refractivity contribution in [2.45, 2.75) is 11.6 Å². The third-order valence-electron chi connectivity index (χ3n) is 2.54. The molecule has 0 saturated carbocycles. The molecule has 108 valence electrons. The SMILES string of the molecule is Fc1ccc(C(Cl)c2cc(Cl)sc2Cl)cc1C(F)(F)F. The molecular formula is C12H5Cl3F4S. The molecule has 0 nitrogen and oxygen atoms in total. The van der Waals surface area contributed by atoms with E-state index in [4.69, 9.17) is 34.8 Å². The number of alkyl halides is 4. The number of halogens is 7. The zero-order valence-electron chi connectivity index (χ0n) is 9.44. The first-order valence-electron chi connectivity index (χ1n) is 5.15. The molecule has 2 aromatic rings. The van der Waals surface area contributed by atoms with Gasteiger partial charge < -0.3 is 0 Å². The smallest absolute Gasteiger partial charge is 0.206 e. The molecule has 0 aliphatic heterocycles. The van der Waals surface area contributed by atoms with Gasteiger partial charge in [0, 0.05) is 5.56 Å². The van der Waals surface area contributed by atoms with Crippen LogP contribution < -0.4 is 0 Å². The molecule has 1 aromatic heterocycles. The summed E-state index contributed by atoms with van der Waals surface area (Å²) < 4.78 is 51.8. The molecule has 0 amide bonds. The van der Waals surface area contributed by atoms with Gasteiger partial charge >= 0.3 is 6.18 Å². The highest BCUT2D eigenvalue weighted by molar-refractivity contribution is 7.20. The predicted molar refractivity (Wildman–Crippen MR) is 73.4 cm³/mol. The lowest BCUT2D eigenvalue weighted by Crippen LogP contribution is -2.09. The van der Waals surface area contributed by atoms with Crippen LogP contribution in [0.25, 0.3) is 0 Å². The van der Waals surface area contributed by atoms with Crippen molar-refractivity contribution in [3.8, 4) is 0 Å². The summed E-state index contributed by atoms with van der Waals surface area (Å²) in [4.78, 5) is 0. The Morgan fingerprint density at radius 2 is 1.75 bits per heavy atom. The van der Waals surface area contributed by atoms with E-state index in [1.54, 1.807) is 0 Å². The maximum atomic E-state index is 13.2. The molecule has 8 heteroatoms. The second-order valence-corrected chi connectivity index (χ2v) is 6.60. The maximum absolute atomic E-state index is 13.2. The number of hydrogen-bond acceptors (Lipinski definition) is 1. The minimum Gasteiger partial charge on any atom is -0.206 e. The van der Waals surface area contributed by atoms with E-state index in [9.17, 15) is 17.6 Å². The van der Waals surface area contributed by atoms with E-state index < -0.39 is 22.9 Å². The van der Waals surface area contributed by atoms with Crippen molar-refractivity contribution in [1.29, 1.82) is 0 Å². The quantitative estimate of drug-likeness (QED) is 0.420. The van der Waals surface area contributed by atoms with Crippen molar-refractivity contribution >= 4 is 46.1 Å². The van der Waals surface area contributed by atoms with Crippen molar-refractivity contribution in [2.75, 3.05) is 0 Å². The van der Waals surface area contributed by atoms with Crippen molar-refractivity contribution in [3.63, 3.8) is 0 Å². The third kappa shape index (κ3) is 3.22. The first-order chi connectivity index (χ1) is 9.20. The van der Waals surface area contributed by atoms with Gasteiger partial charge in [0.1, 0.15) is 5.82 Å². The molecule has 0 aliphatic carbocycles. The average molecular weight is 364 g/mol. The summed E-state index contributed by atoms with van der Waals surface area (Å²) in [5.41, 5.74) is -0.877. The Balaban J connectivity index is 2.46. The molecule has 0 N–H and O–H groups in total. The fourth-order valence-electron chi connectivity index (χ4n) is 1.62. The van der Waals surface area contributed by atoms with Crippen LogP contribution in [0.3, 0.4) is 0 Å². The highest BCUT2D eigenvalue weighted by Crippen LogP contribution is 2.42. The summed E-state index contributed by atoms with van der Waals surface area (Å²) in [5.74, 6) is -1.35. The van der Waals surface area contributed by atoms with Crippen LogP contribution in [0.1, 0.15) is 22.1 Å². The summed E-state index contributed by atoms with van der Waals surface area (Å²) in [7, 11) is 0. The van der Waals surface area contributed by atoms with Gasteiger partial charge in [-0.05, 0) is 23.8 Å². The highest BCUT2D eigenvalue weighted by atomic mass is 35.5. The fourth-order valence-corrected chi connectivity index (χ4v) is 3.58. The van der Waals surface area contributed by atoms with Gasteiger partial charge in [-0.2, -0.15) is 13.2 Å². The van der Waals surface area contributed by atoms with Gasteiger partial charge in [0.15, 0.2) is 0 Å². The first-order valence-corrected chi connectivity index (χ1v) is 7.16. The molecule has 1 atom stereocenters. The molecule has 2 rings (SSSR count). The maximum Gasteiger partial charge on any atom is 0.419 e. The monoisotopic (exact) mass is 362 g/mol. The molecule has 0 fully saturated rings. The topological polar surface area (TPSA) is 0 Å². The standard InChI is InChI=1S/C12H5Cl3F4S/c13-9-4-6(11(15)20-9)10(14)5-1-2-8(16)7(3-5)12(17,18)19/h1-4,10H. The fraction of sp³-hybridized carbons (Fsp3) is 0.167. The number of rotatable bonds is 2. The predicted octanol–water partition coefficient (Wildman–Crippen LogP) is 6.54. The van der Waals surface area contributed by atoms with Crippen LogP contribution in [0.5, 0.6) is 0 Å². The zero-order chi connectivity index (χ0) is 15.1. The Hall–Kier alpha value is -0.490. The van der Waals surface area contributed by atoms with Crippen LogP contribution in [0, 0.1) is 5.82 Å². The molecule has 0 bridgehead atoms. The van der Waals surface area contributed by atoms with Crippen molar-refractivity contribution < 1.29 is 17.6 Å². The van der Waals surface area contributed by atoms with E-state index >= 15 is 0 Å². The largest absolute Gasteiger partial charge is 0.419 e. The van der Waals surface area contributed by atoms with E-state index in [1.807, 2.05) is 0 Å². The van der Waals surface area contributed by atoms with Gasteiger partial charge in [-0.15, -0.1) is 22.9 Å². The first kappa shape index (κ1) is 15.9. The summed E-state index contributed by atoms with van der Waals surface area (Å²) in [6.07, 6.45) is -4.78. The molecule has 0 aliphatic rings. The van der Waals surface area contributed by atoms with Gasteiger partial charge in [0.25, 0.3) is 0 Å². The molecule has 0 spiro atoms. The second kappa shape index (κ2) is 5.72.